The number of furan rings is 1. The van der Waals surface area contributed by atoms with Crippen molar-refractivity contribution in [2.24, 2.45) is 0 Å². The van der Waals surface area contributed by atoms with Crippen LogP contribution in [0.1, 0.15) is 24.5 Å². The van der Waals surface area contributed by atoms with Gasteiger partial charge in [0, 0.05) is 6.07 Å². The zero-order valence-corrected chi connectivity index (χ0v) is 11.6. The molecule has 3 aromatic heterocycles. The van der Waals surface area contributed by atoms with E-state index in [-0.39, 0.29) is 6.04 Å². The zero-order valence-electron chi connectivity index (χ0n) is 11.6. The second kappa shape index (κ2) is 4.56. The number of fused-ring (bicyclic) bond motifs is 1. The van der Waals surface area contributed by atoms with Gasteiger partial charge in [-0.25, -0.2) is 4.98 Å². The molecule has 0 bridgehead atoms. The van der Waals surface area contributed by atoms with Crippen LogP contribution in [0.25, 0.3) is 11.2 Å². The number of aromatic nitrogens is 3. The number of hydrogen-bond donors (Lipinski definition) is 1. The Morgan fingerprint density at radius 1 is 1.25 bits per heavy atom. The highest BCUT2D eigenvalue weighted by atomic mass is 16.5. The number of imidazole rings is 1. The normalized spacial score (nSPS) is 12.8. The van der Waals surface area contributed by atoms with E-state index in [1.807, 2.05) is 36.6 Å². The Hall–Kier alpha value is -2.50. The second-order valence-corrected chi connectivity index (χ2v) is 4.66. The molecule has 0 spiro atoms. The number of methoxy groups -OCH3 is 1. The van der Waals surface area contributed by atoms with Crippen molar-refractivity contribution < 1.29 is 9.15 Å². The molecular weight excluding hydrogens is 256 g/mol. The number of pyridine rings is 1. The van der Waals surface area contributed by atoms with Crippen LogP contribution in [0.3, 0.4) is 0 Å². The molecule has 3 heterocycles. The van der Waals surface area contributed by atoms with Gasteiger partial charge in [0.2, 0.25) is 11.8 Å². The third kappa shape index (κ3) is 1.89. The summed E-state index contributed by atoms with van der Waals surface area (Å²) in [5, 5.41) is 0. The molecule has 20 heavy (non-hydrogen) atoms. The van der Waals surface area contributed by atoms with Crippen LogP contribution in [-0.4, -0.2) is 21.6 Å². The first kappa shape index (κ1) is 12.5. The highest BCUT2D eigenvalue weighted by Crippen LogP contribution is 2.28. The highest BCUT2D eigenvalue weighted by Gasteiger charge is 2.19. The number of nitrogen functional groups attached to an aromatic ring is 1. The van der Waals surface area contributed by atoms with Crippen molar-refractivity contribution in [1.82, 2.24) is 14.5 Å². The van der Waals surface area contributed by atoms with Crippen molar-refractivity contribution in [3.8, 4) is 5.88 Å². The van der Waals surface area contributed by atoms with Gasteiger partial charge in [-0.3, -0.25) is 4.57 Å². The van der Waals surface area contributed by atoms with E-state index in [1.54, 1.807) is 13.2 Å². The molecule has 1 atom stereocenters. The number of anilines is 1. The maximum Gasteiger partial charge on any atom is 0.215 e. The molecule has 0 amide bonds. The summed E-state index contributed by atoms with van der Waals surface area (Å²) in [6.45, 7) is 3.91. The Morgan fingerprint density at radius 2 is 2.05 bits per heavy atom. The average molecular weight is 272 g/mol. The van der Waals surface area contributed by atoms with E-state index < -0.39 is 0 Å². The van der Waals surface area contributed by atoms with Crippen LogP contribution in [0.4, 0.5) is 5.95 Å². The first-order valence-corrected chi connectivity index (χ1v) is 6.35. The van der Waals surface area contributed by atoms with Gasteiger partial charge in [0.05, 0.1) is 13.2 Å². The fraction of sp³-hybridized carbons (Fsp3) is 0.286. The summed E-state index contributed by atoms with van der Waals surface area (Å²) in [5.74, 6) is 2.61. The number of rotatable bonds is 3. The van der Waals surface area contributed by atoms with Crippen LogP contribution < -0.4 is 10.5 Å². The summed E-state index contributed by atoms with van der Waals surface area (Å²) in [5.41, 5.74) is 7.44. The Morgan fingerprint density at radius 3 is 2.70 bits per heavy atom. The van der Waals surface area contributed by atoms with Crippen LogP contribution in [0.5, 0.6) is 5.88 Å². The fourth-order valence-corrected chi connectivity index (χ4v) is 2.27. The first-order chi connectivity index (χ1) is 9.60. The molecule has 0 aromatic carbocycles. The first-order valence-electron chi connectivity index (χ1n) is 6.35. The lowest BCUT2D eigenvalue weighted by molar-refractivity contribution is 0.397. The van der Waals surface area contributed by atoms with Crippen molar-refractivity contribution in [3.05, 3.63) is 35.8 Å². The summed E-state index contributed by atoms with van der Waals surface area (Å²) in [6, 6.07) is 7.38. The molecule has 1 unspecified atom stereocenters. The number of ether oxygens (including phenoxy) is 1. The van der Waals surface area contributed by atoms with Crippen LogP contribution in [-0.2, 0) is 0 Å². The minimum atomic E-state index is -0.0895. The van der Waals surface area contributed by atoms with Crippen LogP contribution >= 0.6 is 0 Å². The van der Waals surface area contributed by atoms with Crippen molar-refractivity contribution in [3.63, 3.8) is 0 Å². The third-order valence-electron chi connectivity index (χ3n) is 3.31. The van der Waals surface area contributed by atoms with Gasteiger partial charge in [-0.1, -0.05) is 0 Å². The quantitative estimate of drug-likeness (QED) is 0.792. The SMILES string of the molecule is COc1ccc2nc(N)n(C(C)c3ccc(C)o3)c2n1. The maximum atomic E-state index is 6.02. The predicted molar refractivity (Wildman–Crippen MR) is 75.8 cm³/mol. The second-order valence-electron chi connectivity index (χ2n) is 4.66. The standard InChI is InChI=1S/C14H16N4O2/c1-8-4-6-11(20-8)9(2)18-13-10(16-14(18)15)5-7-12(17-13)19-3/h4-7,9H,1-3H3,(H2,15,16). The summed E-state index contributed by atoms with van der Waals surface area (Å²) in [6.07, 6.45) is 0. The zero-order chi connectivity index (χ0) is 14.3. The largest absolute Gasteiger partial charge is 0.481 e. The lowest BCUT2D eigenvalue weighted by Gasteiger charge is -2.13. The third-order valence-corrected chi connectivity index (χ3v) is 3.31. The average Bonchev–Trinajstić information content (AvgIpc) is 3.00. The van der Waals surface area contributed by atoms with Gasteiger partial charge in [-0.2, -0.15) is 4.98 Å². The van der Waals surface area contributed by atoms with E-state index in [9.17, 15) is 0 Å². The molecule has 0 saturated carbocycles. The topological polar surface area (TPSA) is 79.1 Å². The molecule has 6 heteroatoms. The monoisotopic (exact) mass is 272 g/mol. The predicted octanol–water partition coefficient (Wildman–Crippen LogP) is 2.53. The molecule has 2 N–H and O–H groups in total. The number of nitrogens with two attached hydrogens (primary N) is 1. The molecule has 3 rings (SSSR count). The van der Waals surface area contributed by atoms with Crippen LogP contribution in [0.15, 0.2) is 28.7 Å². The molecular formula is C14H16N4O2. The van der Waals surface area contributed by atoms with Gasteiger partial charge in [0.15, 0.2) is 5.65 Å². The van der Waals surface area contributed by atoms with Gasteiger partial charge in [0.1, 0.15) is 17.0 Å². The number of hydrogen-bond acceptors (Lipinski definition) is 5. The summed E-state index contributed by atoms with van der Waals surface area (Å²) in [7, 11) is 1.58. The fourth-order valence-electron chi connectivity index (χ4n) is 2.27. The van der Waals surface area contributed by atoms with Gasteiger partial charge >= 0.3 is 0 Å². The van der Waals surface area contributed by atoms with Gasteiger partial charge in [-0.15, -0.1) is 0 Å². The van der Waals surface area contributed by atoms with Crippen molar-refractivity contribution in [2.75, 3.05) is 12.8 Å². The smallest absolute Gasteiger partial charge is 0.215 e. The van der Waals surface area contributed by atoms with Crippen LogP contribution in [0.2, 0.25) is 0 Å². The summed E-state index contributed by atoms with van der Waals surface area (Å²) >= 11 is 0. The van der Waals surface area contributed by atoms with Crippen molar-refractivity contribution >= 4 is 17.1 Å². The summed E-state index contributed by atoms with van der Waals surface area (Å²) in [4.78, 5) is 8.75. The molecule has 0 saturated heterocycles. The highest BCUT2D eigenvalue weighted by molar-refractivity contribution is 5.75. The minimum absolute atomic E-state index is 0.0895. The van der Waals surface area contributed by atoms with E-state index >= 15 is 0 Å². The van der Waals surface area contributed by atoms with E-state index in [0.717, 1.165) is 17.0 Å². The van der Waals surface area contributed by atoms with E-state index in [4.69, 9.17) is 14.9 Å². The van der Waals surface area contributed by atoms with Crippen LogP contribution in [0, 0.1) is 6.92 Å². The Labute approximate surface area is 116 Å². The molecule has 104 valence electrons. The maximum absolute atomic E-state index is 6.02. The Bertz CT molecular complexity index is 760. The van der Waals surface area contributed by atoms with E-state index in [2.05, 4.69) is 9.97 Å². The van der Waals surface area contributed by atoms with Crippen molar-refractivity contribution in [1.29, 1.82) is 0 Å². The van der Waals surface area contributed by atoms with E-state index in [1.165, 1.54) is 0 Å². The molecule has 0 radical (unpaired) electrons. The lowest BCUT2D eigenvalue weighted by atomic mass is 10.2. The number of nitrogens with zero attached hydrogens (tertiary/aromatic N) is 3. The minimum Gasteiger partial charge on any atom is -0.481 e. The van der Waals surface area contributed by atoms with E-state index in [0.29, 0.717) is 17.5 Å². The molecule has 0 aliphatic heterocycles. The number of aryl methyl sites for hydroxylation is 1. The molecule has 0 aliphatic carbocycles. The lowest BCUT2D eigenvalue weighted by Crippen LogP contribution is -2.10. The molecule has 0 aliphatic rings. The Balaban J connectivity index is 2.16. The molecule has 6 nitrogen and oxygen atoms in total. The van der Waals surface area contributed by atoms with Crippen molar-refractivity contribution in [2.45, 2.75) is 19.9 Å². The molecule has 0 fully saturated rings. The summed E-state index contributed by atoms with van der Waals surface area (Å²) < 4.78 is 12.7. The van der Waals surface area contributed by atoms with Gasteiger partial charge in [-0.05, 0) is 32.0 Å². The van der Waals surface area contributed by atoms with Gasteiger partial charge in [0.25, 0.3) is 0 Å². The molecule has 3 aromatic rings. The van der Waals surface area contributed by atoms with Gasteiger partial charge < -0.3 is 14.9 Å². The Kier molecular flexibility index (Phi) is 2.85.